The summed E-state index contributed by atoms with van der Waals surface area (Å²) in [6.45, 7) is 0. The Morgan fingerprint density at radius 2 is 1.75 bits per heavy atom. The lowest BCUT2D eigenvalue weighted by molar-refractivity contribution is 0.112. The Balaban J connectivity index is 2.00. The maximum Gasteiger partial charge on any atom is 0.153 e. The van der Waals surface area contributed by atoms with Gasteiger partial charge in [-0.15, -0.1) is 0 Å². The molecule has 3 aromatic carbocycles. The molecule has 0 radical (unpaired) electrons. The van der Waals surface area contributed by atoms with Crippen molar-refractivity contribution in [1.82, 2.24) is 0 Å². The molecule has 0 aliphatic rings. The summed E-state index contributed by atoms with van der Waals surface area (Å²) in [5.41, 5.74) is 2.13. The minimum absolute atomic E-state index is 0.115. The maximum absolute atomic E-state index is 10.8. The number of rotatable bonds is 4. The molecule has 120 valence electrons. The third kappa shape index (κ3) is 3.30. The molecular formula is C19H12BrClO3. The van der Waals surface area contributed by atoms with E-state index >= 15 is 0 Å². The highest BCUT2D eigenvalue weighted by Crippen LogP contribution is 2.40. The van der Waals surface area contributed by atoms with Crippen LogP contribution in [0.2, 0.25) is 5.02 Å². The van der Waals surface area contributed by atoms with Gasteiger partial charge < -0.3 is 9.84 Å². The molecule has 1 N–H and O–H groups in total. The highest BCUT2D eigenvalue weighted by atomic mass is 79.9. The van der Waals surface area contributed by atoms with Crippen LogP contribution in [-0.4, -0.2) is 11.4 Å². The van der Waals surface area contributed by atoms with Crippen molar-refractivity contribution >= 4 is 33.8 Å². The lowest BCUT2D eigenvalue weighted by Crippen LogP contribution is -1.91. The number of hydrogen-bond donors (Lipinski definition) is 1. The lowest BCUT2D eigenvalue weighted by Gasteiger charge is -2.13. The number of hydrogen-bond acceptors (Lipinski definition) is 3. The SMILES string of the molecule is O=Cc1cc(Cl)c(Oc2cccc(-c3ccccc3)c2Br)cc1O. The number of aromatic hydroxyl groups is 1. The second-order valence-corrected chi connectivity index (χ2v) is 6.25. The van der Waals surface area contributed by atoms with E-state index in [1.165, 1.54) is 12.1 Å². The second-order valence-electron chi connectivity index (χ2n) is 5.05. The van der Waals surface area contributed by atoms with E-state index in [0.29, 0.717) is 12.0 Å². The number of benzene rings is 3. The predicted octanol–water partition coefficient (Wildman–Crippen LogP) is 6.08. The van der Waals surface area contributed by atoms with Gasteiger partial charge in [0.25, 0.3) is 0 Å². The van der Waals surface area contributed by atoms with Gasteiger partial charge in [0.15, 0.2) is 6.29 Å². The molecule has 0 atom stereocenters. The average molecular weight is 404 g/mol. The van der Waals surface area contributed by atoms with Gasteiger partial charge in [-0.3, -0.25) is 4.79 Å². The van der Waals surface area contributed by atoms with Crippen LogP contribution in [-0.2, 0) is 0 Å². The van der Waals surface area contributed by atoms with Crippen molar-refractivity contribution in [3.8, 4) is 28.4 Å². The van der Waals surface area contributed by atoms with E-state index in [9.17, 15) is 9.90 Å². The first-order valence-corrected chi connectivity index (χ1v) is 8.26. The monoisotopic (exact) mass is 402 g/mol. The van der Waals surface area contributed by atoms with Crippen LogP contribution in [0.25, 0.3) is 11.1 Å². The quantitative estimate of drug-likeness (QED) is 0.537. The van der Waals surface area contributed by atoms with Crippen LogP contribution >= 0.6 is 27.5 Å². The topological polar surface area (TPSA) is 46.5 Å². The van der Waals surface area contributed by atoms with Crippen molar-refractivity contribution in [2.75, 3.05) is 0 Å². The largest absolute Gasteiger partial charge is 0.507 e. The summed E-state index contributed by atoms with van der Waals surface area (Å²) < 4.78 is 6.60. The van der Waals surface area contributed by atoms with Gasteiger partial charge in [0.1, 0.15) is 17.2 Å². The molecule has 0 unspecified atom stereocenters. The van der Waals surface area contributed by atoms with Crippen LogP contribution in [0, 0.1) is 0 Å². The van der Waals surface area contributed by atoms with Crippen LogP contribution < -0.4 is 4.74 Å². The molecule has 3 rings (SSSR count). The lowest BCUT2D eigenvalue weighted by atomic mass is 10.1. The molecule has 0 heterocycles. The molecule has 3 aromatic rings. The van der Waals surface area contributed by atoms with Gasteiger partial charge in [-0.05, 0) is 39.2 Å². The Bertz CT molecular complexity index is 895. The summed E-state index contributed by atoms with van der Waals surface area (Å²) in [4.78, 5) is 10.8. The molecule has 0 aliphatic carbocycles. The smallest absolute Gasteiger partial charge is 0.153 e. The van der Waals surface area contributed by atoms with Crippen molar-refractivity contribution in [2.24, 2.45) is 0 Å². The number of phenols is 1. The fourth-order valence-corrected chi connectivity index (χ4v) is 3.06. The van der Waals surface area contributed by atoms with Crippen LogP contribution in [0.5, 0.6) is 17.2 Å². The summed E-state index contributed by atoms with van der Waals surface area (Å²) in [6, 6.07) is 18.2. The third-order valence-electron chi connectivity index (χ3n) is 3.48. The van der Waals surface area contributed by atoms with E-state index in [-0.39, 0.29) is 22.1 Å². The zero-order valence-corrected chi connectivity index (χ0v) is 14.7. The van der Waals surface area contributed by atoms with E-state index < -0.39 is 0 Å². The fraction of sp³-hybridized carbons (Fsp3) is 0. The molecule has 0 spiro atoms. The van der Waals surface area contributed by atoms with Crippen molar-refractivity contribution in [3.63, 3.8) is 0 Å². The van der Waals surface area contributed by atoms with Gasteiger partial charge in [0.2, 0.25) is 0 Å². The van der Waals surface area contributed by atoms with E-state index in [4.69, 9.17) is 16.3 Å². The van der Waals surface area contributed by atoms with Crippen LogP contribution in [0.3, 0.4) is 0 Å². The molecule has 0 bridgehead atoms. The first-order chi connectivity index (χ1) is 11.6. The van der Waals surface area contributed by atoms with Gasteiger partial charge in [0, 0.05) is 6.07 Å². The molecule has 0 fully saturated rings. The summed E-state index contributed by atoms with van der Waals surface area (Å²) >= 11 is 9.69. The zero-order chi connectivity index (χ0) is 17.1. The fourth-order valence-electron chi connectivity index (χ4n) is 2.28. The molecule has 3 nitrogen and oxygen atoms in total. The van der Waals surface area contributed by atoms with Crippen molar-refractivity contribution in [1.29, 1.82) is 0 Å². The standard InChI is InChI=1S/C19H12BrClO3/c20-19-14(12-5-2-1-3-6-12)7-4-8-17(19)24-18-10-16(23)13(11-22)9-15(18)21/h1-11,23H. The number of aldehydes is 1. The van der Waals surface area contributed by atoms with Crippen LogP contribution in [0.4, 0.5) is 0 Å². The summed E-state index contributed by atoms with van der Waals surface area (Å²) in [6.07, 6.45) is 0.539. The maximum atomic E-state index is 10.8. The van der Waals surface area contributed by atoms with Crippen molar-refractivity contribution in [3.05, 3.63) is 75.7 Å². The molecule has 24 heavy (non-hydrogen) atoms. The Morgan fingerprint density at radius 3 is 2.46 bits per heavy atom. The average Bonchev–Trinajstić information content (AvgIpc) is 2.60. The Morgan fingerprint density at radius 1 is 1.00 bits per heavy atom. The first kappa shape index (κ1) is 16.6. The number of carbonyl (C=O) groups excluding carboxylic acids is 1. The van der Waals surface area contributed by atoms with Gasteiger partial charge in [0.05, 0.1) is 15.1 Å². The van der Waals surface area contributed by atoms with Gasteiger partial charge in [-0.1, -0.05) is 54.1 Å². The molecule has 0 saturated carbocycles. The molecule has 0 aromatic heterocycles. The van der Waals surface area contributed by atoms with E-state index in [0.717, 1.165) is 15.6 Å². The highest BCUT2D eigenvalue weighted by molar-refractivity contribution is 9.10. The first-order valence-electron chi connectivity index (χ1n) is 7.09. The zero-order valence-electron chi connectivity index (χ0n) is 12.4. The van der Waals surface area contributed by atoms with Crippen LogP contribution in [0.15, 0.2) is 65.1 Å². The van der Waals surface area contributed by atoms with E-state index in [1.807, 2.05) is 42.5 Å². The predicted molar refractivity (Wildman–Crippen MR) is 98.2 cm³/mol. The Kier molecular flexibility index (Phi) is 4.88. The summed E-state index contributed by atoms with van der Waals surface area (Å²) in [5, 5.41) is 10.1. The molecule has 0 saturated heterocycles. The minimum atomic E-state index is -0.181. The van der Waals surface area contributed by atoms with Gasteiger partial charge in [-0.2, -0.15) is 0 Å². The summed E-state index contributed by atoms with van der Waals surface area (Å²) in [5.74, 6) is 0.641. The van der Waals surface area contributed by atoms with E-state index in [1.54, 1.807) is 6.07 Å². The number of ether oxygens (including phenoxy) is 1. The minimum Gasteiger partial charge on any atom is -0.507 e. The number of carbonyl (C=O) groups is 1. The van der Waals surface area contributed by atoms with Gasteiger partial charge in [-0.25, -0.2) is 0 Å². The molecule has 0 aliphatic heterocycles. The highest BCUT2D eigenvalue weighted by Gasteiger charge is 2.13. The third-order valence-corrected chi connectivity index (χ3v) is 4.59. The van der Waals surface area contributed by atoms with Crippen molar-refractivity contribution in [2.45, 2.75) is 0 Å². The normalized spacial score (nSPS) is 10.4. The van der Waals surface area contributed by atoms with E-state index in [2.05, 4.69) is 15.9 Å². The number of phenolic OH excluding ortho intramolecular Hbond substituents is 1. The molecular weight excluding hydrogens is 392 g/mol. The van der Waals surface area contributed by atoms with Gasteiger partial charge >= 0.3 is 0 Å². The summed E-state index contributed by atoms with van der Waals surface area (Å²) in [7, 11) is 0. The number of halogens is 2. The molecule has 5 heteroatoms. The molecule has 0 amide bonds. The Hall–Kier alpha value is -2.30. The van der Waals surface area contributed by atoms with Crippen molar-refractivity contribution < 1.29 is 14.6 Å². The Labute approximate surface area is 152 Å². The van der Waals surface area contributed by atoms with Crippen LogP contribution in [0.1, 0.15) is 10.4 Å². The second kappa shape index (κ2) is 7.07.